The smallest absolute Gasteiger partial charge is 0.452 e. The molecular formula is C9H12F3N3OS. The van der Waals surface area contributed by atoms with Gasteiger partial charge in [-0.3, -0.25) is 0 Å². The molecule has 0 aliphatic carbocycles. The third-order valence-electron chi connectivity index (χ3n) is 2.67. The monoisotopic (exact) mass is 267 g/mol. The quantitative estimate of drug-likeness (QED) is 0.889. The first-order valence-corrected chi connectivity index (χ1v) is 6.02. The Morgan fingerprint density at radius 3 is 2.82 bits per heavy atom. The van der Waals surface area contributed by atoms with E-state index >= 15 is 0 Å². The molecule has 2 atom stereocenters. The number of piperidine rings is 1. The van der Waals surface area contributed by atoms with Crippen molar-refractivity contribution in [3.8, 4) is 5.19 Å². The van der Waals surface area contributed by atoms with Gasteiger partial charge in [0, 0.05) is 18.1 Å². The minimum Gasteiger partial charge on any atom is -0.464 e. The number of hydrogen-bond donors (Lipinski definition) is 1. The van der Waals surface area contributed by atoms with Crippen molar-refractivity contribution in [1.29, 1.82) is 0 Å². The Hall–Kier alpha value is -0.890. The van der Waals surface area contributed by atoms with Gasteiger partial charge in [-0.1, -0.05) is 6.92 Å². The Bertz CT molecular complexity index is 382. The van der Waals surface area contributed by atoms with Crippen LogP contribution in [0.15, 0.2) is 0 Å². The largest absolute Gasteiger partial charge is 0.464 e. The lowest BCUT2D eigenvalue weighted by Gasteiger charge is -2.28. The lowest BCUT2D eigenvalue weighted by Crippen LogP contribution is -2.42. The van der Waals surface area contributed by atoms with Crippen LogP contribution in [-0.4, -0.2) is 28.6 Å². The maximum Gasteiger partial charge on any atom is 0.452 e. The van der Waals surface area contributed by atoms with Gasteiger partial charge < -0.3 is 10.1 Å². The molecule has 0 radical (unpaired) electrons. The van der Waals surface area contributed by atoms with Gasteiger partial charge in [0.05, 0.1) is 0 Å². The zero-order valence-electron chi connectivity index (χ0n) is 9.12. The number of alkyl halides is 3. The van der Waals surface area contributed by atoms with Crippen molar-refractivity contribution in [1.82, 2.24) is 14.7 Å². The van der Waals surface area contributed by atoms with Crippen LogP contribution >= 0.6 is 11.5 Å². The Morgan fingerprint density at radius 2 is 2.24 bits per heavy atom. The first kappa shape index (κ1) is 12.6. The number of aromatic nitrogens is 2. The molecule has 0 aromatic carbocycles. The second-order valence-corrected chi connectivity index (χ2v) is 4.72. The molecule has 1 aliphatic rings. The summed E-state index contributed by atoms with van der Waals surface area (Å²) in [6, 6.07) is 0. The lowest BCUT2D eigenvalue weighted by molar-refractivity contribution is -0.144. The molecule has 1 saturated heterocycles. The molecule has 8 heteroatoms. The fraction of sp³-hybridized carbons (Fsp3) is 0.778. The third-order valence-corrected chi connectivity index (χ3v) is 3.28. The van der Waals surface area contributed by atoms with E-state index in [1.807, 2.05) is 6.92 Å². The van der Waals surface area contributed by atoms with Crippen LogP contribution in [0, 0.1) is 5.92 Å². The van der Waals surface area contributed by atoms with Crippen LogP contribution in [-0.2, 0) is 6.18 Å². The van der Waals surface area contributed by atoms with E-state index in [-0.39, 0.29) is 11.3 Å². The molecule has 96 valence electrons. The molecule has 2 rings (SSSR count). The van der Waals surface area contributed by atoms with Gasteiger partial charge in [-0.05, 0) is 18.9 Å². The second-order valence-electron chi connectivity index (χ2n) is 4.01. The molecule has 2 unspecified atom stereocenters. The Labute approximate surface area is 100 Å². The van der Waals surface area contributed by atoms with Crippen molar-refractivity contribution in [3.05, 3.63) is 5.82 Å². The van der Waals surface area contributed by atoms with Crippen molar-refractivity contribution >= 4 is 11.5 Å². The molecule has 0 bridgehead atoms. The minimum absolute atomic E-state index is 0.0159. The van der Waals surface area contributed by atoms with E-state index in [0.717, 1.165) is 13.0 Å². The van der Waals surface area contributed by atoms with E-state index in [1.54, 1.807) is 0 Å². The Morgan fingerprint density at radius 1 is 1.47 bits per heavy atom. The summed E-state index contributed by atoms with van der Waals surface area (Å²) in [6.45, 7) is 3.55. The van der Waals surface area contributed by atoms with E-state index in [1.165, 1.54) is 0 Å². The van der Waals surface area contributed by atoms with Gasteiger partial charge in [-0.25, -0.2) is 0 Å². The van der Waals surface area contributed by atoms with Crippen LogP contribution in [0.4, 0.5) is 13.2 Å². The Kier molecular flexibility index (Phi) is 3.53. The first-order valence-electron chi connectivity index (χ1n) is 5.25. The standard InChI is InChI=1S/C9H12F3N3OS/c1-5-2-3-13-4-6(5)16-8-14-7(15-17-8)9(10,11)12/h5-6,13H,2-4H2,1H3. The van der Waals surface area contributed by atoms with Gasteiger partial charge in [0.25, 0.3) is 11.0 Å². The van der Waals surface area contributed by atoms with Crippen LogP contribution in [0.2, 0.25) is 0 Å². The molecule has 2 heterocycles. The van der Waals surface area contributed by atoms with Crippen molar-refractivity contribution in [3.63, 3.8) is 0 Å². The van der Waals surface area contributed by atoms with Gasteiger partial charge in [0.1, 0.15) is 6.10 Å². The molecule has 4 nitrogen and oxygen atoms in total. The topological polar surface area (TPSA) is 47.0 Å². The Balaban J connectivity index is 2.01. The fourth-order valence-corrected chi connectivity index (χ4v) is 2.22. The van der Waals surface area contributed by atoms with Crippen LogP contribution in [0.3, 0.4) is 0 Å². The molecule has 17 heavy (non-hydrogen) atoms. The van der Waals surface area contributed by atoms with Crippen molar-refractivity contribution < 1.29 is 17.9 Å². The molecule has 1 aromatic rings. The highest BCUT2D eigenvalue weighted by molar-refractivity contribution is 7.07. The predicted octanol–water partition coefficient (Wildman–Crippen LogP) is 1.93. The van der Waals surface area contributed by atoms with E-state index in [4.69, 9.17) is 4.74 Å². The number of ether oxygens (including phenoxy) is 1. The van der Waals surface area contributed by atoms with Gasteiger partial charge in [-0.2, -0.15) is 22.5 Å². The van der Waals surface area contributed by atoms with E-state index < -0.39 is 12.0 Å². The third kappa shape index (κ3) is 3.06. The van der Waals surface area contributed by atoms with E-state index in [2.05, 4.69) is 14.7 Å². The number of nitrogens with zero attached hydrogens (tertiary/aromatic N) is 2. The van der Waals surface area contributed by atoms with Crippen molar-refractivity contribution in [2.45, 2.75) is 25.6 Å². The summed E-state index contributed by atoms with van der Waals surface area (Å²) >= 11 is 0.641. The maximum absolute atomic E-state index is 12.3. The second kappa shape index (κ2) is 4.77. The van der Waals surface area contributed by atoms with Crippen molar-refractivity contribution in [2.24, 2.45) is 5.92 Å². The molecular weight excluding hydrogens is 255 g/mol. The molecule has 1 fully saturated rings. The molecule has 1 N–H and O–H groups in total. The maximum atomic E-state index is 12.3. The molecule has 1 aromatic heterocycles. The van der Waals surface area contributed by atoms with E-state index in [9.17, 15) is 13.2 Å². The first-order chi connectivity index (χ1) is 7.97. The summed E-state index contributed by atoms with van der Waals surface area (Å²) in [6.07, 6.45) is -3.71. The van der Waals surface area contributed by atoms with Gasteiger partial charge >= 0.3 is 6.18 Å². The number of halogens is 3. The van der Waals surface area contributed by atoms with Gasteiger partial charge in [0.2, 0.25) is 0 Å². The highest BCUT2D eigenvalue weighted by Gasteiger charge is 2.36. The van der Waals surface area contributed by atoms with Crippen LogP contribution in [0.1, 0.15) is 19.2 Å². The number of rotatable bonds is 2. The molecule has 0 spiro atoms. The van der Waals surface area contributed by atoms with Gasteiger partial charge in [0.15, 0.2) is 0 Å². The summed E-state index contributed by atoms with van der Waals surface area (Å²) < 4.78 is 45.5. The molecule has 1 aliphatic heterocycles. The summed E-state index contributed by atoms with van der Waals surface area (Å²) in [7, 11) is 0. The van der Waals surface area contributed by atoms with Crippen LogP contribution in [0.25, 0.3) is 0 Å². The average Bonchev–Trinajstić information content (AvgIpc) is 2.69. The average molecular weight is 267 g/mol. The normalized spacial score (nSPS) is 25.9. The minimum atomic E-state index is -4.51. The van der Waals surface area contributed by atoms with Crippen molar-refractivity contribution in [2.75, 3.05) is 13.1 Å². The number of nitrogens with one attached hydrogen (secondary N) is 1. The van der Waals surface area contributed by atoms with E-state index in [0.29, 0.717) is 24.0 Å². The van der Waals surface area contributed by atoms with Crippen LogP contribution < -0.4 is 10.1 Å². The summed E-state index contributed by atoms with van der Waals surface area (Å²) in [4.78, 5) is 3.34. The molecule has 0 amide bonds. The van der Waals surface area contributed by atoms with Gasteiger partial charge in [-0.15, -0.1) is 0 Å². The molecule has 0 saturated carbocycles. The van der Waals surface area contributed by atoms with Crippen LogP contribution in [0.5, 0.6) is 5.19 Å². The SMILES string of the molecule is CC1CCNCC1Oc1nc(C(F)(F)F)ns1. The highest BCUT2D eigenvalue weighted by atomic mass is 32.1. The highest BCUT2D eigenvalue weighted by Crippen LogP contribution is 2.30. The zero-order chi connectivity index (χ0) is 12.5. The fourth-order valence-electron chi connectivity index (χ4n) is 1.62. The predicted molar refractivity (Wildman–Crippen MR) is 56.0 cm³/mol. The zero-order valence-corrected chi connectivity index (χ0v) is 9.94. The summed E-state index contributed by atoms with van der Waals surface area (Å²) in [5.74, 6) is -0.830. The summed E-state index contributed by atoms with van der Waals surface area (Å²) in [5, 5.41) is 3.12. The lowest BCUT2D eigenvalue weighted by atomic mass is 9.97. The number of hydrogen-bond acceptors (Lipinski definition) is 5. The summed E-state index contributed by atoms with van der Waals surface area (Å²) in [5.41, 5.74) is 0.